The van der Waals surface area contributed by atoms with Crippen LogP contribution in [0.4, 0.5) is 13.2 Å². The molecule has 0 aliphatic carbocycles. The molecule has 0 spiro atoms. The van der Waals surface area contributed by atoms with Gasteiger partial charge >= 0.3 is 6.18 Å². The summed E-state index contributed by atoms with van der Waals surface area (Å²) in [6.45, 7) is 4.39. The zero-order valence-electron chi connectivity index (χ0n) is 13.8. The Bertz CT molecular complexity index is 924. The van der Waals surface area contributed by atoms with E-state index in [-0.39, 0.29) is 16.3 Å². The second-order valence-corrected chi connectivity index (χ2v) is 6.60. The smallest absolute Gasteiger partial charge is 0.343 e. The minimum Gasteiger partial charge on any atom is -0.343 e. The first-order chi connectivity index (χ1) is 11.7. The number of aryl methyl sites for hydroxylation is 2. The molecule has 134 valence electrons. The van der Waals surface area contributed by atoms with Gasteiger partial charge < -0.3 is 5.32 Å². The predicted molar refractivity (Wildman–Crippen MR) is 87.4 cm³/mol. The Morgan fingerprint density at radius 1 is 1.44 bits per heavy atom. The second kappa shape index (κ2) is 6.17. The van der Waals surface area contributed by atoms with Crippen LogP contribution in [0.1, 0.15) is 40.9 Å². The third-order valence-electron chi connectivity index (χ3n) is 3.84. The summed E-state index contributed by atoms with van der Waals surface area (Å²) in [5.74, 6) is -0.425. The van der Waals surface area contributed by atoms with Crippen LogP contribution in [0.3, 0.4) is 0 Å². The standard InChI is InChI=1S/C15H16F3N5OS/c1-4-23-10(5-6-19-23)8(2)20-13(24)11-7-9-12(15(16,17)18)21-22(3)14(9)25-11/h5-8H,4H2,1-3H3,(H,20,24)/t8-/m1/s1. The number of thiophene rings is 1. The number of alkyl halides is 3. The van der Waals surface area contributed by atoms with Crippen LogP contribution in [-0.2, 0) is 19.8 Å². The topological polar surface area (TPSA) is 64.7 Å². The Hall–Kier alpha value is -2.36. The van der Waals surface area contributed by atoms with Crippen molar-refractivity contribution in [3.63, 3.8) is 0 Å². The lowest BCUT2D eigenvalue weighted by Gasteiger charge is -2.14. The third kappa shape index (κ3) is 3.13. The summed E-state index contributed by atoms with van der Waals surface area (Å²) in [4.78, 5) is 13.0. The van der Waals surface area contributed by atoms with E-state index < -0.39 is 17.8 Å². The number of nitrogens with one attached hydrogen (secondary N) is 1. The van der Waals surface area contributed by atoms with Gasteiger partial charge in [-0.3, -0.25) is 14.2 Å². The van der Waals surface area contributed by atoms with Crippen LogP contribution < -0.4 is 5.32 Å². The molecule has 0 radical (unpaired) electrons. The number of hydrogen-bond acceptors (Lipinski definition) is 4. The van der Waals surface area contributed by atoms with Crippen LogP contribution >= 0.6 is 11.3 Å². The summed E-state index contributed by atoms with van der Waals surface area (Å²) in [6.07, 6.45) is -2.92. The molecule has 3 heterocycles. The molecular weight excluding hydrogens is 355 g/mol. The highest BCUT2D eigenvalue weighted by molar-refractivity contribution is 7.20. The van der Waals surface area contributed by atoms with Crippen molar-refractivity contribution < 1.29 is 18.0 Å². The lowest BCUT2D eigenvalue weighted by atomic mass is 10.2. The van der Waals surface area contributed by atoms with Gasteiger partial charge in [0.05, 0.1) is 16.6 Å². The highest BCUT2D eigenvalue weighted by Crippen LogP contribution is 2.37. The molecule has 0 saturated heterocycles. The van der Waals surface area contributed by atoms with Crippen molar-refractivity contribution in [2.75, 3.05) is 0 Å². The molecule has 0 unspecified atom stereocenters. The first-order valence-electron chi connectivity index (χ1n) is 7.58. The molecule has 0 saturated carbocycles. The van der Waals surface area contributed by atoms with Gasteiger partial charge in [0.15, 0.2) is 5.69 Å². The van der Waals surface area contributed by atoms with Crippen LogP contribution in [0.2, 0.25) is 0 Å². The van der Waals surface area contributed by atoms with E-state index >= 15 is 0 Å². The summed E-state index contributed by atoms with van der Waals surface area (Å²) in [7, 11) is 1.43. The van der Waals surface area contributed by atoms with Crippen LogP contribution in [0.25, 0.3) is 10.2 Å². The zero-order valence-corrected chi connectivity index (χ0v) is 14.6. The average molecular weight is 371 g/mol. The van der Waals surface area contributed by atoms with Crippen molar-refractivity contribution >= 4 is 27.5 Å². The second-order valence-electron chi connectivity index (χ2n) is 5.57. The van der Waals surface area contributed by atoms with E-state index in [1.807, 2.05) is 6.92 Å². The minimum atomic E-state index is -4.56. The Morgan fingerprint density at radius 2 is 2.16 bits per heavy atom. The van der Waals surface area contributed by atoms with E-state index in [0.717, 1.165) is 21.7 Å². The molecule has 1 N–H and O–H groups in total. The number of carbonyl (C=O) groups excluding carboxylic acids is 1. The van der Waals surface area contributed by atoms with Crippen LogP contribution in [0.15, 0.2) is 18.3 Å². The predicted octanol–water partition coefficient (Wildman–Crippen LogP) is 3.36. The van der Waals surface area contributed by atoms with E-state index in [4.69, 9.17) is 0 Å². The molecule has 0 aromatic carbocycles. The summed E-state index contributed by atoms with van der Waals surface area (Å²) >= 11 is 0.984. The number of aromatic nitrogens is 4. The number of halogens is 3. The van der Waals surface area contributed by atoms with Crippen LogP contribution in [0, 0.1) is 0 Å². The van der Waals surface area contributed by atoms with Crippen LogP contribution in [-0.4, -0.2) is 25.5 Å². The molecule has 0 fully saturated rings. The first kappa shape index (κ1) is 17.5. The number of carbonyl (C=O) groups is 1. The molecule has 25 heavy (non-hydrogen) atoms. The molecule has 0 bridgehead atoms. The normalized spacial score (nSPS) is 13.4. The Morgan fingerprint density at radius 3 is 2.80 bits per heavy atom. The van der Waals surface area contributed by atoms with Crippen molar-refractivity contribution in [1.82, 2.24) is 24.9 Å². The van der Waals surface area contributed by atoms with Gasteiger partial charge in [0.1, 0.15) is 4.83 Å². The molecule has 10 heteroatoms. The summed E-state index contributed by atoms with van der Waals surface area (Å²) < 4.78 is 42.0. The quantitative estimate of drug-likeness (QED) is 0.765. The van der Waals surface area contributed by atoms with E-state index in [2.05, 4.69) is 15.5 Å². The molecule has 6 nitrogen and oxygen atoms in total. The summed E-state index contributed by atoms with van der Waals surface area (Å²) in [5, 5.41) is 10.4. The monoisotopic (exact) mass is 371 g/mol. The van der Waals surface area contributed by atoms with E-state index in [1.54, 1.807) is 23.9 Å². The molecule has 3 rings (SSSR count). The number of amides is 1. The van der Waals surface area contributed by atoms with Gasteiger partial charge in [-0.05, 0) is 26.0 Å². The molecule has 3 aromatic rings. The van der Waals surface area contributed by atoms with E-state index in [1.165, 1.54) is 13.1 Å². The fourth-order valence-corrected chi connectivity index (χ4v) is 3.65. The number of hydrogen-bond donors (Lipinski definition) is 1. The number of nitrogens with zero attached hydrogens (tertiary/aromatic N) is 4. The highest BCUT2D eigenvalue weighted by Gasteiger charge is 2.37. The summed E-state index contributed by atoms with van der Waals surface area (Å²) in [6, 6.07) is 2.72. The average Bonchev–Trinajstić information content (AvgIpc) is 3.22. The van der Waals surface area contributed by atoms with Crippen molar-refractivity contribution in [3.05, 3.63) is 34.6 Å². The third-order valence-corrected chi connectivity index (χ3v) is 5.04. The largest absolute Gasteiger partial charge is 0.435 e. The number of rotatable bonds is 4. The van der Waals surface area contributed by atoms with Crippen molar-refractivity contribution in [1.29, 1.82) is 0 Å². The first-order valence-corrected chi connectivity index (χ1v) is 8.40. The van der Waals surface area contributed by atoms with E-state index in [0.29, 0.717) is 11.4 Å². The van der Waals surface area contributed by atoms with Gasteiger partial charge in [0.25, 0.3) is 5.91 Å². The maximum atomic E-state index is 13.0. The molecular formula is C15H16F3N5OS. The Kier molecular flexibility index (Phi) is 4.31. The Labute approximate surface area is 145 Å². The molecule has 0 aliphatic heterocycles. The van der Waals surface area contributed by atoms with Crippen molar-refractivity contribution in [3.8, 4) is 0 Å². The van der Waals surface area contributed by atoms with Gasteiger partial charge in [-0.15, -0.1) is 11.3 Å². The van der Waals surface area contributed by atoms with Gasteiger partial charge in [-0.2, -0.15) is 23.4 Å². The van der Waals surface area contributed by atoms with Gasteiger partial charge in [-0.25, -0.2) is 0 Å². The fraction of sp³-hybridized carbons (Fsp3) is 0.400. The van der Waals surface area contributed by atoms with Crippen LogP contribution in [0.5, 0.6) is 0 Å². The number of fused-ring (bicyclic) bond motifs is 1. The maximum Gasteiger partial charge on any atom is 0.435 e. The Balaban J connectivity index is 1.88. The van der Waals surface area contributed by atoms with Gasteiger partial charge in [0.2, 0.25) is 0 Å². The zero-order chi connectivity index (χ0) is 18.4. The highest BCUT2D eigenvalue weighted by atomic mass is 32.1. The van der Waals surface area contributed by atoms with Gasteiger partial charge in [-0.1, -0.05) is 0 Å². The fourth-order valence-electron chi connectivity index (χ4n) is 2.68. The van der Waals surface area contributed by atoms with Crippen molar-refractivity contribution in [2.45, 2.75) is 32.6 Å². The van der Waals surface area contributed by atoms with E-state index in [9.17, 15) is 18.0 Å². The SMILES string of the molecule is CCn1nccc1[C@@H](C)NC(=O)c1cc2c(C(F)(F)F)nn(C)c2s1. The lowest BCUT2D eigenvalue weighted by molar-refractivity contribution is -0.140. The molecule has 1 atom stereocenters. The van der Waals surface area contributed by atoms with Crippen molar-refractivity contribution in [2.24, 2.45) is 7.05 Å². The maximum absolute atomic E-state index is 13.0. The molecule has 3 aromatic heterocycles. The molecule has 0 aliphatic rings. The summed E-state index contributed by atoms with van der Waals surface area (Å²) in [5.41, 5.74) is -0.146. The minimum absolute atomic E-state index is 0.0589. The molecule has 1 amide bonds. The lowest BCUT2D eigenvalue weighted by Crippen LogP contribution is -2.27. The van der Waals surface area contributed by atoms with Gasteiger partial charge in [0, 0.05) is 25.2 Å².